The molecule has 6 heteroatoms. The zero-order valence-corrected chi connectivity index (χ0v) is 16.7. The number of nitrogens with one attached hydrogen (secondary N) is 2. The van der Waals surface area contributed by atoms with E-state index in [1.54, 1.807) is 0 Å². The molecule has 1 aromatic carbocycles. The summed E-state index contributed by atoms with van der Waals surface area (Å²) in [4.78, 5) is 16.0. The Morgan fingerprint density at radius 3 is 2.43 bits per heavy atom. The molecule has 2 N–H and O–H groups in total. The van der Waals surface area contributed by atoms with Crippen LogP contribution in [0.1, 0.15) is 38.3 Å². The number of ether oxygens (including phenoxy) is 1. The van der Waals surface area contributed by atoms with Gasteiger partial charge in [0, 0.05) is 13.1 Å². The van der Waals surface area contributed by atoms with E-state index in [-0.39, 0.29) is 36.0 Å². The lowest BCUT2D eigenvalue weighted by atomic mass is 10.1. The summed E-state index contributed by atoms with van der Waals surface area (Å²) in [6.45, 7) is 9.65. The monoisotopic (exact) mass is 433 g/mol. The highest BCUT2D eigenvalue weighted by Crippen LogP contribution is 2.04. The predicted octanol–water partition coefficient (Wildman–Crippen LogP) is 3.01. The van der Waals surface area contributed by atoms with E-state index >= 15 is 0 Å². The molecule has 0 atom stereocenters. The van der Waals surface area contributed by atoms with Gasteiger partial charge in [0.05, 0.1) is 19.1 Å². The number of guanidine groups is 1. The summed E-state index contributed by atoms with van der Waals surface area (Å²) in [6, 6.07) is 8.30. The minimum atomic E-state index is -0.197. The van der Waals surface area contributed by atoms with E-state index in [1.807, 2.05) is 20.8 Å². The molecule has 1 aromatic rings. The summed E-state index contributed by atoms with van der Waals surface area (Å²) < 4.78 is 5.09. The molecule has 1 rings (SSSR count). The highest BCUT2D eigenvalue weighted by atomic mass is 127. The van der Waals surface area contributed by atoms with Gasteiger partial charge in [0.1, 0.15) is 0 Å². The van der Waals surface area contributed by atoms with Crippen LogP contribution in [0.2, 0.25) is 0 Å². The molecule has 0 fully saturated rings. The number of aryl methyl sites for hydroxylation is 1. The van der Waals surface area contributed by atoms with E-state index in [2.05, 4.69) is 46.8 Å². The second kappa shape index (κ2) is 12.2. The minimum absolute atomic E-state index is 0. The smallest absolute Gasteiger partial charge is 0.307 e. The summed E-state index contributed by atoms with van der Waals surface area (Å²) in [5.41, 5.74) is 2.39. The number of halogens is 1. The first kappa shape index (κ1) is 21.7. The maximum Gasteiger partial charge on any atom is 0.307 e. The normalized spacial score (nSPS) is 10.9. The van der Waals surface area contributed by atoms with Crippen LogP contribution in [0.15, 0.2) is 29.3 Å². The number of hydrogen-bond acceptors (Lipinski definition) is 3. The quantitative estimate of drug-likeness (QED) is 0.301. The van der Waals surface area contributed by atoms with Crippen molar-refractivity contribution in [1.29, 1.82) is 0 Å². The van der Waals surface area contributed by atoms with Gasteiger partial charge in [0.25, 0.3) is 0 Å². The molecule has 0 aliphatic rings. The fourth-order valence-electron chi connectivity index (χ4n) is 1.81. The molecule has 0 aromatic heterocycles. The fraction of sp³-hybridized carbons (Fsp3) is 0.529. The molecule has 5 nitrogen and oxygen atoms in total. The van der Waals surface area contributed by atoms with Gasteiger partial charge in [-0.25, -0.2) is 4.99 Å². The Balaban J connectivity index is 0.00000484. The zero-order chi connectivity index (χ0) is 16.4. The molecule has 0 bridgehead atoms. The number of carbonyl (C=O) groups excluding carboxylic acids is 1. The largest absolute Gasteiger partial charge is 0.463 e. The number of nitrogens with zero attached hydrogens (tertiary/aromatic N) is 1. The number of carbonyl (C=O) groups is 1. The molecule has 0 spiro atoms. The molecule has 0 unspecified atom stereocenters. The summed E-state index contributed by atoms with van der Waals surface area (Å²) in [5, 5.41) is 6.31. The Bertz CT molecular complexity index is 487. The molecule has 0 aliphatic heterocycles. The Labute approximate surface area is 156 Å². The van der Waals surface area contributed by atoms with Crippen LogP contribution in [-0.2, 0) is 16.1 Å². The number of rotatable bonds is 7. The molecule has 0 radical (unpaired) electrons. The molecule has 0 saturated carbocycles. The van der Waals surface area contributed by atoms with Crippen LogP contribution in [0.5, 0.6) is 0 Å². The van der Waals surface area contributed by atoms with Gasteiger partial charge in [-0.3, -0.25) is 4.79 Å². The van der Waals surface area contributed by atoms with E-state index in [4.69, 9.17) is 4.74 Å². The molecule has 0 heterocycles. The Morgan fingerprint density at radius 2 is 1.87 bits per heavy atom. The maximum absolute atomic E-state index is 11.5. The van der Waals surface area contributed by atoms with E-state index in [0.29, 0.717) is 25.5 Å². The average molecular weight is 433 g/mol. The zero-order valence-electron chi connectivity index (χ0n) is 14.4. The molecule has 0 aliphatic carbocycles. The second-order valence-electron chi connectivity index (χ2n) is 5.40. The van der Waals surface area contributed by atoms with Crippen molar-refractivity contribution in [2.45, 2.75) is 46.8 Å². The summed E-state index contributed by atoms with van der Waals surface area (Å²) in [7, 11) is 0. The van der Waals surface area contributed by atoms with Gasteiger partial charge < -0.3 is 15.4 Å². The van der Waals surface area contributed by atoms with Gasteiger partial charge >= 0.3 is 5.97 Å². The first-order valence-electron chi connectivity index (χ1n) is 7.78. The molecular weight excluding hydrogens is 405 g/mol. The van der Waals surface area contributed by atoms with Crippen molar-refractivity contribution in [3.63, 3.8) is 0 Å². The second-order valence-corrected chi connectivity index (χ2v) is 5.40. The van der Waals surface area contributed by atoms with E-state index in [1.165, 1.54) is 5.56 Å². The predicted molar refractivity (Wildman–Crippen MR) is 105 cm³/mol. The topological polar surface area (TPSA) is 62.7 Å². The highest BCUT2D eigenvalue weighted by molar-refractivity contribution is 14.0. The van der Waals surface area contributed by atoms with Crippen LogP contribution >= 0.6 is 24.0 Å². The van der Waals surface area contributed by atoms with Crippen molar-refractivity contribution >= 4 is 35.9 Å². The lowest BCUT2D eigenvalue weighted by Gasteiger charge is -2.12. The Kier molecular flexibility index (Phi) is 11.5. The molecular formula is C17H28IN3O2. The van der Waals surface area contributed by atoms with Crippen LogP contribution in [0.3, 0.4) is 0 Å². The first-order chi connectivity index (χ1) is 10.5. The third-order valence-corrected chi connectivity index (χ3v) is 2.87. The Hall–Kier alpha value is -1.31. The van der Waals surface area contributed by atoms with Gasteiger partial charge in [-0.15, -0.1) is 24.0 Å². The van der Waals surface area contributed by atoms with Gasteiger partial charge in [-0.05, 0) is 33.3 Å². The number of aliphatic imine (C=N–C) groups is 1. The maximum atomic E-state index is 11.5. The van der Waals surface area contributed by atoms with Crippen molar-refractivity contribution in [3.05, 3.63) is 35.4 Å². The van der Waals surface area contributed by atoms with Crippen LogP contribution < -0.4 is 10.6 Å². The standard InChI is InChI=1S/C17H27N3O2.HI/c1-5-18-17(19-11-10-16(21)22-13(2)3)20-12-15-8-6-14(4)7-9-15;/h6-9,13H,5,10-12H2,1-4H3,(H2,18,19,20);1H. The lowest BCUT2D eigenvalue weighted by molar-refractivity contribution is -0.147. The summed E-state index contributed by atoms with van der Waals surface area (Å²) in [6.07, 6.45) is 0.253. The molecule has 0 amide bonds. The van der Waals surface area contributed by atoms with E-state index in [9.17, 15) is 4.79 Å². The van der Waals surface area contributed by atoms with Crippen LogP contribution in [0, 0.1) is 6.92 Å². The lowest BCUT2D eigenvalue weighted by Crippen LogP contribution is -2.38. The third kappa shape index (κ3) is 10.1. The average Bonchev–Trinajstić information content (AvgIpc) is 2.45. The van der Waals surface area contributed by atoms with Crippen LogP contribution in [0.4, 0.5) is 0 Å². The van der Waals surface area contributed by atoms with Gasteiger partial charge in [0.15, 0.2) is 5.96 Å². The fourth-order valence-corrected chi connectivity index (χ4v) is 1.81. The number of benzene rings is 1. The minimum Gasteiger partial charge on any atom is -0.463 e. The first-order valence-corrected chi connectivity index (χ1v) is 7.78. The van der Waals surface area contributed by atoms with Gasteiger partial charge in [-0.1, -0.05) is 29.8 Å². The Morgan fingerprint density at radius 1 is 1.22 bits per heavy atom. The number of hydrogen-bond donors (Lipinski definition) is 2. The van der Waals surface area contributed by atoms with Crippen molar-refractivity contribution in [1.82, 2.24) is 10.6 Å². The number of esters is 1. The highest BCUT2D eigenvalue weighted by Gasteiger charge is 2.05. The third-order valence-electron chi connectivity index (χ3n) is 2.87. The van der Waals surface area contributed by atoms with Gasteiger partial charge in [0.2, 0.25) is 0 Å². The van der Waals surface area contributed by atoms with Gasteiger partial charge in [-0.2, -0.15) is 0 Å². The van der Waals surface area contributed by atoms with E-state index in [0.717, 1.165) is 12.1 Å². The summed E-state index contributed by atoms with van der Waals surface area (Å²) >= 11 is 0. The van der Waals surface area contributed by atoms with Crippen molar-refractivity contribution in [2.75, 3.05) is 13.1 Å². The summed E-state index contributed by atoms with van der Waals surface area (Å²) in [5.74, 6) is 0.511. The van der Waals surface area contributed by atoms with Crippen molar-refractivity contribution in [3.8, 4) is 0 Å². The van der Waals surface area contributed by atoms with Crippen molar-refractivity contribution < 1.29 is 9.53 Å². The van der Waals surface area contributed by atoms with Crippen molar-refractivity contribution in [2.24, 2.45) is 4.99 Å². The molecule has 23 heavy (non-hydrogen) atoms. The van der Waals surface area contributed by atoms with Crippen LogP contribution in [0.25, 0.3) is 0 Å². The van der Waals surface area contributed by atoms with Crippen LogP contribution in [-0.4, -0.2) is 31.1 Å². The molecule has 0 saturated heterocycles. The van der Waals surface area contributed by atoms with E-state index < -0.39 is 0 Å². The molecule has 130 valence electrons. The SMILES string of the molecule is CCNC(=NCc1ccc(C)cc1)NCCC(=O)OC(C)C.I.